The zero-order valence-corrected chi connectivity index (χ0v) is 9.65. The van der Waals surface area contributed by atoms with Crippen LogP contribution in [0.2, 0.25) is 0 Å². The van der Waals surface area contributed by atoms with Gasteiger partial charge in [0.25, 0.3) is 5.91 Å². The lowest BCUT2D eigenvalue weighted by Gasteiger charge is -2.10. The van der Waals surface area contributed by atoms with Gasteiger partial charge in [0, 0.05) is 11.9 Å². The Morgan fingerprint density at radius 1 is 1.50 bits per heavy atom. The minimum absolute atomic E-state index is 0.0537. The first-order valence-electron chi connectivity index (χ1n) is 5.32. The molecule has 5 nitrogen and oxygen atoms in total. The summed E-state index contributed by atoms with van der Waals surface area (Å²) in [7, 11) is 0. The molecule has 0 atom stereocenters. The van der Waals surface area contributed by atoms with Crippen molar-refractivity contribution in [1.29, 1.82) is 0 Å². The summed E-state index contributed by atoms with van der Waals surface area (Å²) in [5.74, 6) is -0.544. The maximum absolute atomic E-state index is 12.8. The van der Waals surface area contributed by atoms with Crippen LogP contribution in [-0.4, -0.2) is 20.7 Å². The van der Waals surface area contributed by atoms with Crippen molar-refractivity contribution in [1.82, 2.24) is 20.1 Å². The number of aryl methyl sites for hydroxylation is 1. The smallest absolute Gasteiger partial charge is 0.319 e. The first kappa shape index (κ1) is 12.3. The molecule has 0 aromatic carbocycles. The minimum Gasteiger partial charge on any atom is -0.345 e. The Hall–Kier alpha value is -2.18. The second-order valence-corrected chi connectivity index (χ2v) is 3.77. The van der Waals surface area contributed by atoms with Crippen LogP contribution in [0, 0.1) is 6.92 Å². The molecule has 0 saturated carbocycles. The quantitative estimate of drug-likeness (QED) is 0.874. The number of hydrogen-bond acceptors (Lipinski definition) is 2. The van der Waals surface area contributed by atoms with E-state index in [1.807, 2.05) is 0 Å². The molecule has 0 saturated heterocycles. The second-order valence-electron chi connectivity index (χ2n) is 3.77. The van der Waals surface area contributed by atoms with Crippen LogP contribution in [0.4, 0.5) is 8.78 Å². The van der Waals surface area contributed by atoms with E-state index in [4.69, 9.17) is 0 Å². The summed E-state index contributed by atoms with van der Waals surface area (Å²) in [6, 6.07) is 4.55. The summed E-state index contributed by atoms with van der Waals surface area (Å²) in [4.78, 5) is 11.8. The molecule has 18 heavy (non-hydrogen) atoms. The first-order chi connectivity index (χ1) is 8.59. The highest BCUT2D eigenvalue weighted by Crippen LogP contribution is 2.18. The lowest BCUT2D eigenvalue weighted by molar-refractivity contribution is 0.0617. The Morgan fingerprint density at radius 2 is 2.28 bits per heavy atom. The van der Waals surface area contributed by atoms with E-state index in [1.54, 1.807) is 12.3 Å². The number of carbonyl (C=O) groups excluding carboxylic acids is 1. The molecule has 2 aromatic rings. The topological polar surface area (TPSA) is 62.7 Å². The molecular weight excluding hydrogens is 242 g/mol. The number of H-pyrrole nitrogens is 1. The van der Waals surface area contributed by atoms with E-state index >= 15 is 0 Å². The number of nitrogens with zero attached hydrogens (tertiary/aromatic N) is 2. The molecule has 2 heterocycles. The van der Waals surface area contributed by atoms with Gasteiger partial charge in [0.2, 0.25) is 0 Å². The third-order valence-corrected chi connectivity index (χ3v) is 2.55. The molecule has 0 fully saturated rings. The molecular formula is C11H12F2N4O. The number of aromatic amines is 1. The zero-order valence-electron chi connectivity index (χ0n) is 9.65. The molecule has 0 spiro atoms. The van der Waals surface area contributed by atoms with Crippen molar-refractivity contribution in [3.8, 4) is 0 Å². The molecule has 0 aliphatic rings. The summed E-state index contributed by atoms with van der Waals surface area (Å²) in [5.41, 5.74) is 0.994. The predicted molar refractivity (Wildman–Crippen MR) is 60.2 cm³/mol. The van der Waals surface area contributed by atoms with Crippen molar-refractivity contribution in [3.05, 3.63) is 41.5 Å². The fraction of sp³-hybridized carbons (Fsp3) is 0.273. The standard InChI is InChI=1S/C11H12F2N4O/c1-7-2-3-9(17(7)11(12)13)10(18)14-6-8-4-5-15-16-8/h2-5,11H,6H2,1H3,(H,14,18)(H,15,16). The lowest BCUT2D eigenvalue weighted by Crippen LogP contribution is -2.26. The van der Waals surface area contributed by atoms with Gasteiger partial charge in [-0.1, -0.05) is 0 Å². The number of aromatic nitrogens is 3. The molecule has 0 bridgehead atoms. The highest BCUT2D eigenvalue weighted by atomic mass is 19.3. The Bertz CT molecular complexity index is 533. The Labute approximate surface area is 102 Å². The van der Waals surface area contributed by atoms with Crippen LogP contribution >= 0.6 is 0 Å². The average Bonchev–Trinajstić information content (AvgIpc) is 2.94. The van der Waals surface area contributed by atoms with Gasteiger partial charge in [0.1, 0.15) is 5.69 Å². The van der Waals surface area contributed by atoms with E-state index in [0.29, 0.717) is 16.0 Å². The van der Waals surface area contributed by atoms with Crippen molar-refractivity contribution in [2.24, 2.45) is 0 Å². The molecule has 0 unspecified atom stereocenters. The molecule has 2 N–H and O–H groups in total. The maximum Gasteiger partial charge on any atom is 0.319 e. The van der Waals surface area contributed by atoms with Gasteiger partial charge in [-0.2, -0.15) is 13.9 Å². The number of rotatable bonds is 4. The fourth-order valence-electron chi connectivity index (χ4n) is 1.64. The number of amides is 1. The summed E-state index contributed by atoms with van der Waals surface area (Å²) in [6.07, 6.45) is 1.55. The van der Waals surface area contributed by atoms with E-state index < -0.39 is 12.5 Å². The molecule has 0 aliphatic carbocycles. The number of halogens is 2. The van der Waals surface area contributed by atoms with Crippen LogP contribution in [0.1, 0.15) is 28.4 Å². The van der Waals surface area contributed by atoms with E-state index in [1.165, 1.54) is 19.1 Å². The molecule has 2 rings (SSSR count). The number of alkyl halides is 2. The molecule has 7 heteroatoms. The highest BCUT2D eigenvalue weighted by molar-refractivity contribution is 5.92. The zero-order chi connectivity index (χ0) is 13.1. The summed E-state index contributed by atoms with van der Waals surface area (Å²) < 4.78 is 26.2. The first-order valence-corrected chi connectivity index (χ1v) is 5.32. The van der Waals surface area contributed by atoms with E-state index in [9.17, 15) is 13.6 Å². The largest absolute Gasteiger partial charge is 0.345 e. The third kappa shape index (κ3) is 2.39. The monoisotopic (exact) mass is 254 g/mol. The molecule has 96 valence electrons. The van der Waals surface area contributed by atoms with Crippen LogP contribution in [0.25, 0.3) is 0 Å². The number of nitrogens with one attached hydrogen (secondary N) is 2. The second kappa shape index (κ2) is 4.99. The minimum atomic E-state index is -2.73. The van der Waals surface area contributed by atoms with Gasteiger partial charge in [0.05, 0.1) is 12.2 Å². The average molecular weight is 254 g/mol. The van der Waals surface area contributed by atoms with Gasteiger partial charge in [-0.05, 0) is 25.1 Å². The highest BCUT2D eigenvalue weighted by Gasteiger charge is 2.18. The normalized spacial score (nSPS) is 10.9. The van der Waals surface area contributed by atoms with Gasteiger partial charge in [-0.3, -0.25) is 14.5 Å². The lowest BCUT2D eigenvalue weighted by atomic mass is 10.3. The van der Waals surface area contributed by atoms with Crippen LogP contribution in [0.3, 0.4) is 0 Å². The number of carbonyl (C=O) groups is 1. The van der Waals surface area contributed by atoms with Crippen molar-refractivity contribution < 1.29 is 13.6 Å². The van der Waals surface area contributed by atoms with Gasteiger partial charge in [-0.15, -0.1) is 0 Å². The Morgan fingerprint density at radius 3 is 2.89 bits per heavy atom. The predicted octanol–water partition coefficient (Wildman–Crippen LogP) is 1.84. The fourth-order valence-corrected chi connectivity index (χ4v) is 1.64. The Kier molecular flexibility index (Phi) is 3.40. The van der Waals surface area contributed by atoms with Crippen molar-refractivity contribution in [2.75, 3.05) is 0 Å². The summed E-state index contributed by atoms with van der Waals surface area (Å²) >= 11 is 0. The SMILES string of the molecule is Cc1ccc(C(=O)NCc2ccn[nH]2)n1C(F)F. The summed E-state index contributed by atoms with van der Waals surface area (Å²) in [6.45, 7) is -0.989. The van der Waals surface area contributed by atoms with Gasteiger partial charge < -0.3 is 5.32 Å². The van der Waals surface area contributed by atoms with Crippen molar-refractivity contribution in [2.45, 2.75) is 20.0 Å². The number of hydrogen-bond donors (Lipinski definition) is 2. The molecule has 2 aromatic heterocycles. The van der Waals surface area contributed by atoms with E-state index in [-0.39, 0.29) is 12.2 Å². The van der Waals surface area contributed by atoms with Gasteiger partial charge in [0.15, 0.2) is 0 Å². The van der Waals surface area contributed by atoms with Gasteiger partial charge in [-0.25, -0.2) is 0 Å². The molecule has 0 radical (unpaired) electrons. The molecule has 1 amide bonds. The summed E-state index contributed by atoms with van der Waals surface area (Å²) in [5, 5.41) is 8.93. The van der Waals surface area contributed by atoms with Crippen LogP contribution < -0.4 is 5.32 Å². The van der Waals surface area contributed by atoms with Crippen molar-refractivity contribution >= 4 is 5.91 Å². The maximum atomic E-state index is 12.8. The van der Waals surface area contributed by atoms with Crippen molar-refractivity contribution in [3.63, 3.8) is 0 Å². The van der Waals surface area contributed by atoms with Crippen LogP contribution in [-0.2, 0) is 6.54 Å². The van der Waals surface area contributed by atoms with E-state index in [0.717, 1.165) is 0 Å². The third-order valence-electron chi connectivity index (χ3n) is 2.55. The Balaban J connectivity index is 2.09. The molecule has 0 aliphatic heterocycles. The van der Waals surface area contributed by atoms with Gasteiger partial charge >= 0.3 is 6.55 Å². The van der Waals surface area contributed by atoms with Crippen LogP contribution in [0.5, 0.6) is 0 Å². The van der Waals surface area contributed by atoms with Crippen LogP contribution in [0.15, 0.2) is 24.4 Å². The van der Waals surface area contributed by atoms with E-state index in [2.05, 4.69) is 15.5 Å².